The molecule has 0 spiro atoms. The van der Waals surface area contributed by atoms with Crippen molar-refractivity contribution in [3.63, 3.8) is 0 Å². The maximum atomic E-state index is 12.4. The number of rotatable bonds is 11. The van der Waals surface area contributed by atoms with Crippen LogP contribution in [-0.4, -0.2) is 27.8 Å². The van der Waals surface area contributed by atoms with E-state index in [1.54, 1.807) is 11.8 Å². The van der Waals surface area contributed by atoms with Crippen molar-refractivity contribution in [2.24, 2.45) is 0 Å². The lowest BCUT2D eigenvalue weighted by Gasteiger charge is -2.13. The quantitative estimate of drug-likeness (QED) is 0.146. The van der Waals surface area contributed by atoms with Crippen LogP contribution in [0.5, 0.6) is 0 Å². The van der Waals surface area contributed by atoms with Gasteiger partial charge in [0.05, 0.1) is 11.4 Å². The summed E-state index contributed by atoms with van der Waals surface area (Å²) in [6, 6.07) is 41.4. The first-order valence-electron chi connectivity index (χ1n) is 13.0. The number of imidazole rings is 1. The van der Waals surface area contributed by atoms with Gasteiger partial charge in [0.1, 0.15) is 0 Å². The van der Waals surface area contributed by atoms with Gasteiger partial charge < -0.3 is 5.32 Å². The molecular formula is C33H31N3OS. The van der Waals surface area contributed by atoms with E-state index in [0.29, 0.717) is 13.0 Å². The lowest BCUT2D eigenvalue weighted by molar-refractivity contribution is -0.121. The lowest BCUT2D eigenvalue weighted by atomic mass is 10.0. The van der Waals surface area contributed by atoms with Gasteiger partial charge in [0.15, 0.2) is 5.16 Å². The summed E-state index contributed by atoms with van der Waals surface area (Å²) in [5.41, 5.74) is 6.54. The second-order valence-corrected chi connectivity index (χ2v) is 10.1. The minimum absolute atomic E-state index is 0.0999. The number of thioether (sulfide) groups is 1. The van der Waals surface area contributed by atoms with Gasteiger partial charge in [0.25, 0.3) is 0 Å². The van der Waals surface area contributed by atoms with Gasteiger partial charge in [-0.1, -0.05) is 121 Å². The molecule has 4 aromatic carbocycles. The average molecular weight is 518 g/mol. The average Bonchev–Trinajstić information content (AvgIpc) is 3.37. The van der Waals surface area contributed by atoms with Gasteiger partial charge in [0, 0.05) is 35.5 Å². The molecule has 1 heterocycles. The Morgan fingerprint density at radius 2 is 1.32 bits per heavy atom. The zero-order valence-electron chi connectivity index (χ0n) is 21.3. The number of hydrogen-bond donors (Lipinski definition) is 1. The van der Waals surface area contributed by atoms with Crippen molar-refractivity contribution in [1.29, 1.82) is 0 Å². The molecule has 0 atom stereocenters. The van der Waals surface area contributed by atoms with E-state index in [4.69, 9.17) is 4.98 Å². The van der Waals surface area contributed by atoms with Gasteiger partial charge in [-0.15, -0.1) is 0 Å². The van der Waals surface area contributed by atoms with Crippen molar-refractivity contribution in [2.75, 3.05) is 12.3 Å². The van der Waals surface area contributed by atoms with Crippen molar-refractivity contribution in [3.8, 4) is 28.2 Å². The molecule has 0 bridgehead atoms. The highest BCUT2D eigenvalue weighted by Crippen LogP contribution is 2.38. The molecule has 5 rings (SSSR count). The highest BCUT2D eigenvalue weighted by Gasteiger charge is 2.21. The van der Waals surface area contributed by atoms with Crippen LogP contribution in [0.4, 0.5) is 0 Å². The smallest absolute Gasteiger partial charge is 0.220 e. The molecule has 4 nitrogen and oxygen atoms in total. The standard InChI is InChI=1S/C33H31N3OS/c37-30(34-24-23-26-14-5-1-6-15-26)22-13-25-38-33-35-31(27-16-7-2-8-17-27)32(28-18-9-3-10-19-28)36(33)29-20-11-4-12-21-29/h1-12,14-21H,13,22-25H2,(H,34,37). The SMILES string of the molecule is O=C(CCCSc1nc(-c2ccccc2)c(-c2ccccc2)n1-c1ccccc1)NCCc1ccccc1. The normalized spacial score (nSPS) is 10.8. The molecule has 0 aliphatic carbocycles. The number of hydrogen-bond acceptors (Lipinski definition) is 3. The summed E-state index contributed by atoms with van der Waals surface area (Å²) in [5, 5.41) is 3.98. The first-order valence-corrected chi connectivity index (χ1v) is 14.0. The van der Waals surface area contributed by atoms with Gasteiger partial charge in [-0.05, 0) is 30.5 Å². The van der Waals surface area contributed by atoms with E-state index in [1.807, 2.05) is 36.4 Å². The Morgan fingerprint density at radius 3 is 1.97 bits per heavy atom. The monoisotopic (exact) mass is 517 g/mol. The van der Waals surface area contributed by atoms with E-state index in [-0.39, 0.29) is 5.91 Å². The van der Waals surface area contributed by atoms with Crippen LogP contribution in [0.25, 0.3) is 28.2 Å². The third-order valence-electron chi connectivity index (χ3n) is 6.31. The summed E-state index contributed by atoms with van der Waals surface area (Å²) in [5.74, 6) is 0.904. The number of nitrogens with one attached hydrogen (secondary N) is 1. The molecule has 0 saturated heterocycles. The zero-order chi connectivity index (χ0) is 26.0. The van der Waals surface area contributed by atoms with Crippen LogP contribution >= 0.6 is 11.8 Å². The molecular weight excluding hydrogens is 486 g/mol. The lowest BCUT2D eigenvalue weighted by Crippen LogP contribution is -2.25. The molecule has 0 unspecified atom stereocenters. The molecule has 1 amide bonds. The van der Waals surface area contributed by atoms with Crippen molar-refractivity contribution < 1.29 is 4.79 Å². The minimum atomic E-state index is 0.0999. The fourth-order valence-electron chi connectivity index (χ4n) is 4.45. The Balaban J connectivity index is 1.33. The highest BCUT2D eigenvalue weighted by molar-refractivity contribution is 7.99. The van der Waals surface area contributed by atoms with Crippen LogP contribution in [0.15, 0.2) is 126 Å². The molecule has 0 aliphatic heterocycles. The van der Waals surface area contributed by atoms with Crippen molar-refractivity contribution >= 4 is 17.7 Å². The van der Waals surface area contributed by atoms with Crippen molar-refractivity contribution in [3.05, 3.63) is 127 Å². The van der Waals surface area contributed by atoms with Crippen LogP contribution in [0, 0.1) is 0 Å². The van der Waals surface area contributed by atoms with E-state index in [0.717, 1.165) is 52.0 Å². The van der Waals surface area contributed by atoms with E-state index >= 15 is 0 Å². The van der Waals surface area contributed by atoms with Gasteiger partial charge in [-0.25, -0.2) is 4.98 Å². The fraction of sp³-hybridized carbons (Fsp3) is 0.152. The Morgan fingerprint density at radius 1 is 0.737 bits per heavy atom. The number of para-hydroxylation sites is 1. The number of benzene rings is 4. The number of aromatic nitrogens is 2. The van der Waals surface area contributed by atoms with E-state index in [9.17, 15) is 4.79 Å². The highest BCUT2D eigenvalue weighted by atomic mass is 32.2. The first-order chi connectivity index (χ1) is 18.8. The molecule has 1 N–H and O–H groups in total. The van der Waals surface area contributed by atoms with Crippen LogP contribution in [0.2, 0.25) is 0 Å². The molecule has 5 aromatic rings. The van der Waals surface area contributed by atoms with Gasteiger partial charge in [-0.2, -0.15) is 0 Å². The molecule has 1 aromatic heterocycles. The van der Waals surface area contributed by atoms with Crippen LogP contribution < -0.4 is 5.32 Å². The number of amides is 1. The molecule has 0 radical (unpaired) electrons. The Labute approximate surface area is 228 Å². The second-order valence-electron chi connectivity index (χ2n) is 9.03. The van der Waals surface area contributed by atoms with Crippen molar-refractivity contribution in [1.82, 2.24) is 14.9 Å². The molecule has 0 saturated carbocycles. The zero-order valence-corrected chi connectivity index (χ0v) is 22.1. The molecule has 190 valence electrons. The maximum Gasteiger partial charge on any atom is 0.220 e. The Hall–Kier alpha value is -4.09. The third kappa shape index (κ3) is 6.42. The summed E-state index contributed by atoms with van der Waals surface area (Å²) < 4.78 is 2.25. The van der Waals surface area contributed by atoms with E-state index in [1.165, 1.54) is 5.56 Å². The number of carbonyl (C=O) groups is 1. The molecule has 0 aliphatic rings. The third-order valence-corrected chi connectivity index (χ3v) is 7.34. The van der Waals surface area contributed by atoms with E-state index < -0.39 is 0 Å². The first kappa shape index (κ1) is 25.6. The molecule has 0 fully saturated rings. The summed E-state index contributed by atoms with van der Waals surface area (Å²) in [7, 11) is 0. The van der Waals surface area contributed by atoms with Crippen molar-refractivity contribution in [2.45, 2.75) is 24.4 Å². The van der Waals surface area contributed by atoms with Gasteiger partial charge >= 0.3 is 0 Å². The largest absolute Gasteiger partial charge is 0.356 e. The Bertz CT molecular complexity index is 1440. The van der Waals surface area contributed by atoms with Crippen LogP contribution in [0.3, 0.4) is 0 Å². The van der Waals surface area contributed by atoms with Crippen LogP contribution in [-0.2, 0) is 11.2 Å². The summed E-state index contributed by atoms with van der Waals surface area (Å²) in [4.78, 5) is 17.6. The topological polar surface area (TPSA) is 46.9 Å². The predicted octanol–water partition coefficient (Wildman–Crippen LogP) is 7.44. The Kier molecular flexibility index (Phi) is 8.69. The summed E-state index contributed by atoms with van der Waals surface area (Å²) in [6.07, 6.45) is 2.14. The summed E-state index contributed by atoms with van der Waals surface area (Å²) in [6.45, 7) is 0.662. The van der Waals surface area contributed by atoms with Crippen LogP contribution in [0.1, 0.15) is 18.4 Å². The number of nitrogens with zero attached hydrogens (tertiary/aromatic N) is 2. The number of carbonyl (C=O) groups excluding carboxylic acids is 1. The fourth-order valence-corrected chi connectivity index (χ4v) is 5.40. The molecule has 38 heavy (non-hydrogen) atoms. The van der Waals surface area contributed by atoms with E-state index in [2.05, 4.69) is 94.8 Å². The maximum absolute atomic E-state index is 12.4. The van der Waals surface area contributed by atoms with Gasteiger partial charge in [0.2, 0.25) is 5.91 Å². The minimum Gasteiger partial charge on any atom is -0.356 e. The second kappa shape index (κ2) is 12.9. The summed E-state index contributed by atoms with van der Waals surface area (Å²) >= 11 is 1.70. The molecule has 5 heteroatoms. The predicted molar refractivity (Wildman–Crippen MR) is 158 cm³/mol. The van der Waals surface area contributed by atoms with Gasteiger partial charge in [-0.3, -0.25) is 9.36 Å².